The monoisotopic (exact) mass is 473 g/mol. The lowest BCUT2D eigenvalue weighted by Crippen LogP contribution is -2.66. The molecule has 11 nitrogen and oxygen atoms in total. The van der Waals surface area contributed by atoms with Crippen molar-refractivity contribution in [2.75, 3.05) is 32.1 Å². The fourth-order valence-corrected chi connectivity index (χ4v) is 5.53. The summed E-state index contributed by atoms with van der Waals surface area (Å²) in [6, 6.07) is 1.77. The summed E-state index contributed by atoms with van der Waals surface area (Å²) in [6.07, 6.45) is 0.192. The van der Waals surface area contributed by atoms with Crippen LogP contribution < -0.4 is 16.0 Å². The molecule has 0 unspecified atom stereocenters. The molecule has 0 heterocycles. The molecule has 1 aromatic carbocycles. The van der Waals surface area contributed by atoms with Crippen LogP contribution in [-0.4, -0.2) is 81.9 Å². The maximum Gasteiger partial charge on any atom is 0.255 e. The molecule has 4 atom stereocenters. The van der Waals surface area contributed by atoms with Crippen molar-refractivity contribution in [3.8, 4) is 5.75 Å². The summed E-state index contributed by atoms with van der Waals surface area (Å²) in [5, 5.41) is 55.8. The molecule has 182 valence electrons. The van der Waals surface area contributed by atoms with Gasteiger partial charge in [-0.05, 0) is 36.5 Å². The molecule has 0 aromatic heterocycles. The van der Waals surface area contributed by atoms with Gasteiger partial charge in [0.15, 0.2) is 11.4 Å². The Bertz CT molecular complexity index is 1170. The Morgan fingerprint density at radius 1 is 1.24 bits per heavy atom. The first-order chi connectivity index (χ1) is 16.0. The van der Waals surface area contributed by atoms with E-state index in [2.05, 4.69) is 5.32 Å². The molecule has 3 aliphatic carbocycles. The summed E-state index contributed by atoms with van der Waals surface area (Å²) < 4.78 is 0. The molecule has 0 bridgehead atoms. The number of carbonyl (C=O) groups excluding carboxylic acids is 3. The molecule has 1 aromatic rings. The zero-order chi connectivity index (χ0) is 25.1. The molecule has 8 N–H and O–H groups in total. The summed E-state index contributed by atoms with van der Waals surface area (Å²) >= 11 is 0. The van der Waals surface area contributed by atoms with Gasteiger partial charge < -0.3 is 41.5 Å². The third-order valence-electron chi connectivity index (χ3n) is 7.02. The Morgan fingerprint density at radius 2 is 1.91 bits per heavy atom. The quantitative estimate of drug-likeness (QED) is 0.262. The number of ketones is 2. The van der Waals surface area contributed by atoms with Gasteiger partial charge in [0.25, 0.3) is 5.91 Å². The number of carbonyl (C=O) groups is 3. The van der Waals surface area contributed by atoms with E-state index in [0.29, 0.717) is 11.3 Å². The highest BCUT2D eigenvalue weighted by atomic mass is 16.3. The summed E-state index contributed by atoms with van der Waals surface area (Å²) in [6.45, 7) is -0.442. The summed E-state index contributed by atoms with van der Waals surface area (Å²) in [4.78, 5) is 40.4. The predicted molar refractivity (Wildman–Crippen MR) is 120 cm³/mol. The Kier molecular flexibility index (Phi) is 5.67. The second-order valence-corrected chi connectivity index (χ2v) is 9.06. The van der Waals surface area contributed by atoms with Gasteiger partial charge >= 0.3 is 0 Å². The van der Waals surface area contributed by atoms with Crippen molar-refractivity contribution in [1.82, 2.24) is 5.32 Å². The van der Waals surface area contributed by atoms with Crippen molar-refractivity contribution in [3.05, 3.63) is 40.2 Å². The molecule has 4 rings (SSSR count). The number of nitrogens with zero attached hydrogens (tertiary/aromatic N) is 1. The third-order valence-corrected chi connectivity index (χ3v) is 7.02. The number of Topliss-reactive ketones (excluding diaryl/α,β-unsaturated/α-hetero) is 2. The first-order valence-corrected chi connectivity index (χ1v) is 10.8. The highest BCUT2D eigenvalue weighted by Crippen LogP contribution is 2.53. The first kappa shape index (κ1) is 23.7. The van der Waals surface area contributed by atoms with Crippen LogP contribution in [0.15, 0.2) is 29.0 Å². The molecule has 0 saturated heterocycles. The van der Waals surface area contributed by atoms with Crippen molar-refractivity contribution < 1.29 is 39.9 Å². The summed E-state index contributed by atoms with van der Waals surface area (Å²) in [5.41, 5.74) is 2.80. The molecule has 0 aliphatic heterocycles. The smallest absolute Gasteiger partial charge is 0.255 e. The first-order valence-electron chi connectivity index (χ1n) is 10.8. The lowest BCUT2D eigenvalue weighted by molar-refractivity contribution is -0.150. The number of hydrogen-bond acceptors (Lipinski definition) is 10. The van der Waals surface area contributed by atoms with Gasteiger partial charge in [-0.25, -0.2) is 0 Å². The number of primary amides is 1. The lowest BCUT2D eigenvalue weighted by atomic mass is 9.57. The summed E-state index contributed by atoms with van der Waals surface area (Å²) in [7, 11) is 3.58. The van der Waals surface area contributed by atoms with Gasteiger partial charge in [-0.1, -0.05) is 0 Å². The van der Waals surface area contributed by atoms with Crippen LogP contribution in [0.3, 0.4) is 0 Å². The van der Waals surface area contributed by atoms with Crippen LogP contribution in [0.2, 0.25) is 0 Å². The number of aromatic hydroxyl groups is 1. The number of hydrogen-bond donors (Lipinski definition) is 7. The van der Waals surface area contributed by atoms with Crippen LogP contribution in [0.5, 0.6) is 5.75 Å². The Balaban J connectivity index is 1.95. The van der Waals surface area contributed by atoms with E-state index in [1.54, 1.807) is 25.1 Å². The average Bonchev–Trinajstić information content (AvgIpc) is 2.75. The molecule has 0 radical (unpaired) electrons. The SMILES string of the molecule is CN(C)c1ccc(O)c2c1C[C@H]1C[C@H]3[C@H](NCCO)C(=O)C(C(N)=O)=C(O)[C@@]3(O)C(=O)C1=C2O. The van der Waals surface area contributed by atoms with Crippen LogP contribution in [0.4, 0.5) is 5.69 Å². The predicted octanol–water partition coefficient (Wildman–Crippen LogP) is -0.950. The van der Waals surface area contributed by atoms with Crippen molar-refractivity contribution >= 4 is 28.9 Å². The number of fused-ring (bicyclic) bond motifs is 3. The Labute approximate surface area is 194 Å². The topological polar surface area (TPSA) is 194 Å². The van der Waals surface area contributed by atoms with Gasteiger partial charge in [0.1, 0.15) is 22.8 Å². The van der Waals surface area contributed by atoms with Crippen molar-refractivity contribution in [2.45, 2.75) is 24.5 Å². The van der Waals surface area contributed by atoms with E-state index in [-0.39, 0.29) is 42.9 Å². The highest BCUT2D eigenvalue weighted by Gasteiger charge is 2.63. The number of aliphatic hydroxyl groups excluding tert-OH is 3. The number of nitrogens with one attached hydrogen (secondary N) is 1. The number of rotatable bonds is 5. The van der Waals surface area contributed by atoms with Crippen LogP contribution in [-0.2, 0) is 20.8 Å². The van der Waals surface area contributed by atoms with Gasteiger partial charge in [-0.2, -0.15) is 0 Å². The Hall–Kier alpha value is -3.41. The van der Waals surface area contributed by atoms with Crippen molar-refractivity contribution in [1.29, 1.82) is 0 Å². The fourth-order valence-electron chi connectivity index (χ4n) is 5.53. The molecular formula is C23H27N3O8. The minimum absolute atomic E-state index is 0.0193. The molecule has 1 fully saturated rings. The van der Waals surface area contributed by atoms with Gasteiger partial charge in [0, 0.05) is 37.8 Å². The van der Waals surface area contributed by atoms with Gasteiger partial charge in [-0.3, -0.25) is 14.4 Å². The number of phenols is 1. The number of amides is 1. The highest BCUT2D eigenvalue weighted by molar-refractivity contribution is 6.24. The maximum atomic E-state index is 13.7. The fraction of sp³-hybridized carbons (Fsp3) is 0.435. The number of benzene rings is 1. The second-order valence-electron chi connectivity index (χ2n) is 9.06. The van der Waals surface area contributed by atoms with Crippen LogP contribution in [0, 0.1) is 11.8 Å². The molecule has 11 heteroatoms. The zero-order valence-electron chi connectivity index (χ0n) is 18.7. The van der Waals surface area contributed by atoms with Gasteiger partial charge in [-0.15, -0.1) is 0 Å². The van der Waals surface area contributed by atoms with Gasteiger partial charge in [0.05, 0.1) is 18.2 Å². The number of aliphatic hydroxyl groups is 4. The van der Waals surface area contributed by atoms with Gasteiger partial charge in [0.2, 0.25) is 5.78 Å². The van der Waals surface area contributed by atoms with Crippen molar-refractivity contribution in [3.63, 3.8) is 0 Å². The standard InChI is InChI=1S/C23H27N3O8/c1-26(2)12-3-4-13(28)15-10(12)7-9-8-11-17(25-5-6-27)19(30)16(22(24)33)21(32)23(11,34)20(31)14(9)18(15)29/h3-4,9,11,17,25,27-29,32,34H,5-8H2,1-2H3,(H2,24,33)/t9-,11-,17-,23-/m0/s1. The van der Waals surface area contributed by atoms with E-state index in [1.165, 1.54) is 6.07 Å². The van der Waals surface area contributed by atoms with Crippen molar-refractivity contribution in [2.24, 2.45) is 17.6 Å². The minimum Gasteiger partial charge on any atom is -0.508 e. The largest absolute Gasteiger partial charge is 0.508 e. The van der Waals surface area contributed by atoms with Crippen LogP contribution in [0.25, 0.3) is 5.76 Å². The lowest BCUT2D eigenvalue weighted by Gasteiger charge is -2.49. The number of phenolic OH excluding ortho intramolecular Hbond substituents is 1. The van der Waals surface area contributed by atoms with Crippen LogP contribution >= 0.6 is 0 Å². The van der Waals surface area contributed by atoms with E-state index >= 15 is 0 Å². The third kappa shape index (κ3) is 3.11. The van der Waals surface area contributed by atoms with E-state index in [0.717, 1.165) is 0 Å². The molecule has 0 spiro atoms. The van der Waals surface area contributed by atoms with E-state index in [9.17, 15) is 39.9 Å². The number of anilines is 1. The Morgan fingerprint density at radius 3 is 2.50 bits per heavy atom. The minimum atomic E-state index is -2.71. The zero-order valence-corrected chi connectivity index (χ0v) is 18.7. The second kappa shape index (κ2) is 8.12. The normalized spacial score (nSPS) is 28.4. The average molecular weight is 473 g/mol. The molecule has 34 heavy (non-hydrogen) atoms. The maximum absolute atomic E-state index is 13.7. The molecular weight excluding hydrogens is 446 g/mol. The van der Waals surface area contributed by atoms with E-state index in [4.69, 9.17) is 5.73 Å². The van der Waals surface area contributed by atoms with E-state index < -0.39 is 58.0 Å². The molecule has 3 aliphatic rings. The number of nitrogens with two attached hydrogens (primary N) is 1. The molecule has 1 amide bonds. The van der Waals surface area contributed by atoms with E-state index in [1.807, 2.05) is 0 Å². The molecule has 1 saturated carbocycles. The van der Waals surface area contributed by atoms with Crippen LogP contribution in [0.1, 0.15) is 17.5 Å². The summed E-state index contributed by atoms with van der Waals surface area (Å²) in [5.74, 6) is -7.09.